The smallest absolute Gasteiger partial charge is 0.248 e. The van der Waals surface area contributed by atoms with E-state index in [9.17, 15) is 14.9 Å². The van der Waals surface area contributed by atoms with Crippen LogP contribution in [-0.2, 0) is 9.59 Å². The van der Waals surface area contributed by atoms with E-state index in [2.05, 4.69) is 6.07 Å². The number of hydrogen-bond donors (Lipinski definition) is 1. The van der Waals surface area contributed by atoms with Crippen LogP contribution in [0.4, 0.5) is 5.69 Å². The molecule has 1 N–H and O–H groups in total. The number of carbonyl (C=O) groups excluding carboxylic acids is 2. The molecule has 0 spiro atoms. The molecule has 4 atom stereocenters. The van der Waals surface area contributed by atoms with E-state index in [1.54, 1.807) is 30.3 Å². The molecule has 0 radical (unpaired) electrons. The van der Waals surface area contributed by atoms with Crippen molar-refractivity contribution in [2.45, 2.75) is 18.1 Å². The molecule has 136 valence electrons. The zero-order valence-electron chi connectivity index (χ0n) is 14.2. The number of hydrogen-bond acceptors (Lipinski definition) is 6. The maximum Gasteiger partial charge on any atom is 0.248 e. The van der Waals surface area contributed by atoms with Crippen LogP contribution in [0.5, 0.6) is 0 Å². The summed E-state index contributed by atoms with van der Waals surface area (Å²) < 4.78 is 5.46. The van der Waals surface area contributed by atoms with Gasteiger partial charge in [0.25, 0.3) is 0 Å². The van der Waals surface area contributed by atoms with E-state index < -0.39 is 34.8 Å². The normalized spacial score (nSPS) is 27.6. The summed E-state index contributed by atoms with van der Waals surface area (Å²) in [6.45, 7) is 1.83. The van der Waals surface area contributed by atoms with Gasteiger partial charge in [0.2, 0.25) is 11.8 Å². The largest absolute Gasteiger partial charge is 0.469 e. The van der Waals surface area contributed by atoms with Crippen LogP contribution >= 0.6 is 23.4 Å². The van der Waals surface area contributed by atoms with Crippen LogP contribution in [0.3, 0.4) is 0 Å². The third-order valence-electron chi connectivity index (χ3n) is 5.00. The van der Waals surface area contributed by atoms with E-state index in [4.69, 9.17) is 21.4 Å². The Balaban J connectivity index is 1.81. The third-order valence-corrected chi connectivity index (χ3v) is 6.67. The average Bonchev–Trinajstić information content (AvgIpc) is 3.25. The van der Waals surface area contributed by atoms with Gasteiger partial charge >= 0.3 is 0 Å². The molecule has 2 amide bonds. The average molecular weight is 400 g/mol. The molecule has 2 aromatic rings. The van der Waals surface area contributed by atoms with Gasteiger partial charge in [-0.1, -0.05) is 29.4 Å². The number of rotatable bonds is 2. The molecule has 3 heterocycles. The van der Waals surface area contributed by atoms with E-state index in [1.807, 2.05) is 6.92 Å². The summed E-state index contributed by atoms with van der Waals surface area (Å²) in [6.07, 6.45) is 1.46. The Morgan fingerprint density at radius 2 is 2.04 bits per heavy atom. The van der Waals surface area contributed by atoms with E-state index in [1.165, 1.54) is 6.26 Å². The van der Waals surface area contributed by atoms with Crippen molar-refractivity contribution in [2.75, 3.05) is 4.90 Å². The number of carbonyl (C=O) groups is 2. The number of furan rings is 1. The lowest BCUT2D eigenvalue weighted by Crippen LogP contribution is -2.39. The van der Waals surface area contributed by atoms with Gasteiger partial charge in [-0.05, 0) is 36.8 Å². The molecule has 6 nitrogen and oxygen atoms in total. The molecule has 2 aliphatic heterocycles. The fourth-order valence-corrected chi connectivity index (χ4v) is 5.08. The summed E-state index contributed by atoms with van der Waals surface area (Å²) in [4.78, 5) is 27.4. The zero-order valence-corrected chi connectivity index (χ0v) is 15.8. The lowest BCUT2D eigenvalue weighted by atomic mass is 9.79. The van der Waals surface area contributed by atoms with E-state index in [0.717, 1.165) is 22.2 Å². The monoisotopic (exact) mass is 399 g/mol. The predicted molar refractivity (Wildman–Crippen MR) is 102 cm³/mol. The summed E-state index contributed by atoms with van der Waals surface area (Å²) in [5.41, 5.74) is 1.24. The van der Waals surface area contributed by atoms with Crippen LogP contribution in [0.25, 0.3) is 0 Å². The summed E-state index contributed by atoms with van der Waals surface area (Å²) in [5.74, 6) is -2.63. The van der Waals surface area contributed by atoms with Crippen molar-refractivity contribution >= 4 is 45.9 Å². The number of thioether (sulfide) groups is 1. The Hall–Kier alpha value is -2.56. The first-order valence-corrected chi connectivity index (χ1v) is 9.52. The predicted octanol–water partition coefficient (Wildman–Crippen LogP) is 3.75. The van der Waals surface area contributed by atoms with Crippen LogP contribution < -0.4 is 4.90 Å². The van der Waals surface area contributed by atoms with Crippen LogP contribution in [0, 0.1) is 35.5 Å². The van der Waals surface area contributed by atoms with Crippen molar-refractivity contribution in [3.8, 4) is 6.07 Å². The minimum absolute atomic E-state index is 0.0742. The van der Waals surface area contributed by atoms with Gasteiger partial charge in [-0.3, -0.25) is 15.0 Å². The van der Waals surface area contributed by atoms with Gasteiger partial charge in [0.15, 0.2) is 0 Å². The van der Waals surface area contributed by atoms with Crippen molar-refractivity contribution in [1.29, 1.82) is 10.7 Å². The number of nitrogens with one attached hydrogen (secondary N) is 1. The minimum Gasteiger partial charge on any atom is -0.469 e. The molecule has 0 aliphatic carbocycles. The molecular formula is C19H14ClN3O3S. The lowest BCUT2D eigenvalue weighted by molar-refractivity contribution is -0.122. The Bertz CT molecular complexity index is 998. The molecule has 2 saturated heterocycles. The zero-order chi connectivity index (χ0) is 19.3. The molecule has 1 aromatic carbocycles. The minimum atomic E-state index is -0.833. The number of halogens is 1. The highest BCUT2D eigenvalue weighted by Gasteiger charge is 2.59. The van der Waals surface area contributed by atoms with Crippen LogP contribution in [0.1, 0.15) is 17.2 Å². The molecule has 2 aliphatic rings. The summed E-state index contributed by atoms with van der Waals surface area (Å²) in [5, 5.41) is 17.6. The molecular weight excluding hydrogens is 386 g/mol. The number of benzene rings is 1. The molecule has 4 rings (SSSR count). The Labute approximate surface area is 164 Å². The maximum absolute atomic E-state index is 13.2. The quantitative estimate of drug-likeness (QED) is 0.775. The van der Waals surface area contributed by atoms with Gasteiger partial charge in [-0.2, -0.15) is 5.26 Å². The molecule has 0 bridgehead atoms. The highest BCUT2D eigenvalue weighted by molar-refractivity contribution is 8.15. The van der Waals surface area contributed by atoms with Crippen molar-refractivity contribution in [3.05, 3.63) is 52.9 Å². The molecule has 8 heteroatoms. The Morgan fingerprint density at radius 1 is 1.26 bits per heavy atom. The molecule has 2 fully saturated rings. The maximum atomic E-state index is 13.2. The molecule has 0 saturated carbocycles. The van der Waals surface area contributed by atoms with Gasteiger partial charge in [0.1, 0.15) is 16.9 Å². The van der Waals surface area contributed by atoms with Crippen molar-refractivity contribution in [3.63, 3.8) is 0 Å². The first-order chi connectivity index (χ1) is 12.9. The Kier molecular flexibility index (Phi) is 4.33. The second-order valence-electron chi connectivity index (χ2n) is 6.52. The van der Waals surface area contributed by atoms with Crippen LogP contribution in [-0.4, -0.2) is 22.1 Å². The van der Waals surface area contributed by atoms with Crippen molar-refractivity contribution in [2.24, 2.45) is 11.8 Å². The molecule has 0 unspecified atom stereocenters. The van der Waals surface area contributed by atoms with Crippen molar-refractivity contribution < 1.29 is 14.0 Å². The molecule has 1 aromatic heterocycles. The highest BCUT2D eigenvalue weighted by atomic mass is 35.5. The van der Waals surface area contributed by atoms with Crippen LogP contribution in [0.15, 0.2) is 41.0 Å². The summed E-state index contributed by atoms with van der Waals surface area (Å²) >= 11 is 7.16. The van der Waals surface area contributed by atoms with E-state index >= 15 is 0 Å². The number of aryl methyl sites for hydroxylation is 1. The number of anilines is 1. The van der Waals surface area contributed by atoms with Gasteiger partial charge in [-0.15, -0.1) is 0 Å². The number of fused-ring (bicyclic) bond motifs is 1. The summed E-state index contributed by atoms with van der Waals surface area (Å²) in [6, 6.07) is 10.5. The Morgan fingerprint density at radius 3 is 2.67 bits per heavy atom. The second-order valence-corrected chi connectivity index (χ2v) is 8.11. The SMILES string of the molecule is Cc1ccc(N2C(=O)[C@H]3[C@@H](c4ccco4)[C@@H](C#N)C(=N)S[C@@H]3C2=O)cc1Cl. The standard InChI is InChI=1S/C19H14ClN3O3S/c1-9-4-5-10(7-12(9)20)23-18(24)15-14(13-3-2-6-26-13)11(8-21)17(22)27-16(15)19(23)25/h2-7,11,14-16,22H,1H3/t11-,14-,15+,16+/m1/s1. The first-order valence-electron chi connectivity index (χ1n) is 8.26. The lowest BCUT2D eigenvalue weighted by Gasteiger charge is -2.32. The number of nitrogens with zero attached hydrogens (tertiary/aromatic N) is 2. The highest BCUT2D eigenvalue weighted by Crippen LogP contribution is 2.50. The topological polar surface area (TPSA) is 98.2 Å². The van der Waals surface area contributed by atoms with Crippen molar-refractivity contribution in [1.82, 2.24) is 0 Å². The molecule has 27 heavy (non-hydrogen) atoms. The number of amides is 2. The van der Waals surface area contributed by atoms with Gasteiger partial charge in [0, 0.05) is 5.02 Å². The van der Waals surface area contributed by atoms with E-state index in [-0.39, 0.29) is 5.04 Å². The van der Waals surface area contributed by atoms with Gasteiger partial charge in [-0.25, -0.2) is 4.90 Å². The fourth-order valence-electron chi connectivity index (χ4n) is 3.65. The summed E-state index contributed by atoms with van der Waals surface area (Å²) in [7, 11) is 0. The second kappa shape index (κ2) is 6.55. The number of nitriles is 1. The first kappa shape index (κ1) is 17.8. The fraction of sp³-hybridized carbons (Fsp3) is 0.263. The third kappa shape index (κ3) is 2.68. The van der Waals surface area contributed by atoms with Gasteiger partial charge in [0.05, 0.1) is 34.9 Å². The number of imide groups is 1. The van der Waals surface area contributed by atoms with E-state index in [0.29, 0.717) is 16.5 Å². The van der Waals surface area contributed by atoms with Gasteiger partial charge < -0.3 is 4.42 Å². The van der Waals surface area contributed by atoms with Crippen LogP contribution in [0.2, 0.25) is 5.02 Å².